The lowest BCUT2D eigenvalue weighted by Crippen LogP contribution is -2.43. The van der Waals surface area contributed by atoms with E-state index in [9.17, 15) is 4.79 Å². The van der Waals surface area contributed by atoms with Gasteiger partial charge in [0.1, 0.15) is 5.75 Å². The summed E-state index contributed by atoms with van der Waals surface area (Å²) in [6.45, 7) is 1.99. The van der Waals surface area contributed by atoms with E-state index in [4.69, 9.17) is 4.74 Å². The first-order valence-corrected chi connectivity index (χ1v) is 6.41. The molecule has 2 N–H and O–H groups in total. The van der Waals surface area contributed by atoms with Crippen molar-refractivity contribution in [3.8, 4) is 5.75 Å². The van der Waals surface area contributed by atoms with Crippen LogP contribution in [-0.4, -0.2) is 32.1 Å². The maximum atomic E-state index is 11.9. The van der Waals surface area contributed by atoms with E-state index < -0.39 is 0 Å². The zero-order valence-electron chi connectivity index (χ0n) is 11.1. The highest BCUT2D eigenvalue weighted by Gasteiger charge is 2.15. The minimum Gasteiger partial charge on any atom is -0.497 e. The Morgan fingerprint density at radius 3 is 2.53 bits per heavy atom. The van der Waals surface area contributed by atoms with E-state index in [0.717, 1.165) is 37.2 Å². The molecule has 1 aromatic rings. The molecule has 0 atom stereocenters. The zero-order valence-corrected chi connectivity index (χ0v) is 12.0. The Kier molecular flexibility index (Phi) is 6.67. The molecule has 1 aliphatic rings. The third-order valence-electron chi connectivity index (χ3n) is 3.23. The predicted octanol–water partition coefficient (Wildman–Crippen LogP) is 1.53. The summed E-state index contributed by atoms with van der Waals surface area (Å²) in [5.41, 5.74) is 1.02. The van der Waals surface area contributed by atoms with Gasteiger partial charge in [0.15, 0.2) is 0 Å². The van der Waals surface area contributed by atoms with Crippen LogP contribution in [0.25, 0.3) is 0 Å². The normalized spacial score (nSPS) is 15.4. The van der Waals surface area contributed by atoms with Crippen molar-refractivity contribution in [1.82, 2.24) is 10.6 Å². The van der Waals surface area contributed by atoms with Gasteiger partial charge in [0.05, 0.1) is 13.5 Å². The number of amides is 1. The smallest absolute Gasteiger partial charge is 0.224 e. The number of benzene rings is 1. The molecule has 1 saturated heterocycles. The van der Waals surface area contributed by atoms with Crippen LogP contribution in [0.4, 0.5) is 0 Å². The van der Waals surface area contributed by atoms with Crippen molar-refractivity contribution in [3.05, 3.63) is 29.8 Å². The molecule has 5 heteroatoms. The van der Waals surface area contributed by atoms with E-state index in [0.29, 0.717) is 12.5 Å². The average Bonchev–Trinajstić information content (AvgIpc) is 2.40. The van der Waals surface area contributed by atoms with Crippen LogP contribution >= 0.6 is 12.4 Å². The largest absolute Gasteiger partial charge is 0.497 e. The number of rotatable bonds is 4. The number of hydrogen-bond donors (Lipinski definition) is 2. The summed E-state index contributed by atoms with van der Waals surface area (Å²) in [4.78, 5) is 11.9. The Hall–Kier alpha value is -1.26. The number of ether oxygens (including phenoxy) is 1. The quantitative estimate of drug-likeness (QED) is 0.882. The van der Waals surface area contributed by atoms with Crippen LogP contribution in [0.3, 0.4) is 0 Å². The molecule has 1 amide bonds. The van der Waals surface area contributed by atoms with Gasteiger partial charge in [0.2, 0.25) is 5.91 Å². The van der Waals surface area contributed by atoms with Crippen LogP contribution in [0.1, 0.15) is 18.4 Å². The molecular formula is C14H21ClN2O2. The fourth-order valence-electron chi connectivity index (χ4n) is 2.17. The van der Waals surface area contributed by atoms with Gasteiger partial charge in [-0.25, -0.2) is 0 Å². The number of halogens is 1. The standard InChI is InChI=1S/C14H20N2O2.ClH/c1-18-13-4-2-11(3-5-13)10-14(17)16-12-6-8-15-9-7-12;/h2-5,12,15H,6-10H2,1H3,(H,16,17);1H. The van der Waals surface area contributed by atoms with Gasteiger partial charge in [0, 0.05) is 6.04 Å². The van der Waals surface area contributed by atoms with Gasteiger partial charge in [-0.15, -0.1) is 12.4 Å². The van der Waals surface area contributed by atoms with Crippen LogP contribution in [-0.2, 0) is 11.2 Å². The Morgan fingerprint density at radius 1 is 1.32 bits per heavy atom. The van der Waals surface area contributed by atoms with Crippen LogP contribution in [0.5, 0.6) is 5.75 Å². The molecule has 1 fully saturated rings. The Balaban J connectivity index is 0.00000180. The second kappa shape index (κ2) is 8.02. The lowest BCUT2D eigenvalue weighted by atomic mass is 10.1. The van der Waals surface area contributed by atoms with Gasteiger partial charge in [-0.3, -0.25) is 4.79 Å². The summed E-state index contributed by atoms with van der Waals surface area (Å²) >= 11 is 0. The number of carbonyl (C=O) groups excluding carboxylic acids is 1. The van der Waals surface area contributed by atoms with Crippen molar-refractivity contribution in [2.24, 2.45) is 0 Å². The highest BCUT2D eigenvalue weighted by molar-refractivity contribution is 5.85. The number of nitrogens with one attached hydrogen (secondary N) is 2. The Labute approximate surface area is 120 Å². The van der Waals surface area contributed by atoms with Crippen LogP contribution in [0, 0.1) is 0 Å². The highest BCUT2D eigenvalue weighted by Crippen LogP contribution is 2.12. The summed E-state index contributed by atoms with van der Waals surface area (Å²) in [6, 6.07) is 7.96. The molecule has 0 bridgehead atoms. The summed E-state index contributed by atoms with van der Waals surface area (Å²) in [7, 11) is 1.64. The van der Waals surface area contributed by atoms with E-state index in [1.54, 1.807) is 7.11 Å². The van der Waals surface area contributed by atoms with Gasteiger partial charge >= 0.3 is 0 Å². The summed E-state index contributed by atoms with van der Waals surface area (Å²) < 4.78 is 5.09. The number of methoxy groups -OCH3 is 1. The Bertz CT molecular complexity index is 389. The monoisotopic (exact) mass is 284 g/mol. The van der Waals surface area contributed by atoms with E-state index in [1.807, 2.05) is 24.3 Å². The van der Waals surface area contributed by atoms with Crippen molar-refractivity contribution in [2.75, 3.05) is 20.2 Å². The Morgan fingerprint density at radius 2 is 1.95 bits per heavy atom. The fraction of sp³-hybridized carbons (Fsp3) is 0.500. The van der Waals surface area contributed by atoms with Gasteiger partial charge < -0.3 is 15.4 Å². The molecule has 0 aliphatic carbocycles. The van der Waals surface area contributed by atoms with E-state index in [2.05, 4.69) is 10.6 Å². The molecule has 106 valence electrons. The molecule has 1 heterocycles. The minimum absolute atomic E-state index is 0. The number of piperidine rings is 1. The van der Waals surface area contributed by atoms with Crippen LogP contribution in [0.2, 0.25) is 0 Å². The molecular weight excluding hydrogens is 264 g/mol. The molecule has 0 radical (unpaired) electrons. The molecule has 1 aromatic carbocycles. The van der Waals surface area contributed by atoms with Crippen LogP contribution < -0.4 is 15.4 Å². The zero-order chi connectivity index (χ0) is 12.8. The summed E-state index contributed by atoms with van der Waals surface area (Å²) in [5.74, 6) is 0.921. The predicted molar refractivity (Wildman–Crippen MR) is 78.0 cm³/mol. The second-order valence-corrected chi connectivity index (χ2v) is 4.62. The van der Waals surface area contributed by atoms with Crippen molar-refractivity contribution in [1.29, 1.82) is 0 Å². The van der Waals surface area contributed by atoms with Gasteiger partial charge in [0.25, 0.3) is 0 Å². The van der Waals surface area contributed by atoms with Gasteiger partial charge in [-0.05, 0) is 43.6 Å². The third kappa shape index (κ3) is 5.09. The number of carbonyl (C=O) groups is 1. The minimum atomic E-state index is 0. The highest BCUT2D eigenvalue weighted by atomic mass is 35.5. The first kappa shape index (κ1) is 15.8. The van der Waals surface area contributed by atoms with Crippen molar-refractivity contribution >= 4 is 18.3 Å². The average molecular weight is 285 g/mol. The summed E-state index contributed by atoms with van der Waals surface area (Å²) in [6.07, 6.45) is 2.48. The second-order valence-electron chi connectivity index (χ2n) is 4.62. The van der Waals surface area contributed by atoms with Gasteiger partial charge in [-0.1, -0.05) is 12.1 Å². The van der Waals surface area contributed by atoms with Crippen molar-refractivity contribution in [3.63, 3.8) is 0 Å². The number of hydrogen-bond acceptors (Lipinski definition) is 3. The lowest BCUT2D eigenvalue weighted by Gasteiger charge is -2.23. The SMILES string of the molecule is COc1ccc(CC(=O)NC2CCNCC2)cc1.Cl. The molecule has 4 nitrogen and oxygen atoms in total. The van der Waals surface area contributed by atoms with Gasteiger partial charge in [-0.2, -0.15) is 0 Å². The maximum Gasteiger partial charge on any atom is 0.224 e. The lowest BCUT2D eigenvalue weighted by molar-refractivity contribution is -0.121. The topological polar surface area (TPSA) is 50.4 Å². The maximum absolute atomic E-state index is 11.9. The molecule has 19 heavy (non-hydrogen) atoms. The first-order chi connectivity index (χ1) is 8.78. The van der Waals surface area contributed by atoms with E-state index in [-0.39, 0.29) is 18.3 Å². The van der Waals surface area contributed by atoms with Crippen molar-refractivity contribution in [2.45, 2.75) is 25.3 Å². The first-order valence-electron chi connectivity index (χ1n) is 6.41. The third-order valence-corrected chi connectivity index (χ3v) is 3.23. The van der Waals surface area contributed by atoms with E-state index in [1.165, 1.54) is 0 Å². The molecule has 0 spiro atoms. The summed E-state index contributed by atoms with van der Waals surface area (Å²) in [5, 5.41) is 6.37. The fourth-order valence-corrected chi connectivity index (χ4v) is 2.17. The van der Waals surface area contributed by atoms with E-state index >= 15 is 0 Å². The molecule has 0 aromatic heterocycles. The molecule has 2 rings (SSSR count). The molecule has 0 saturated carbocycles. The molecule has 1 aliphatic heterocycles. The van der Waals surface area contributed by atoms with Crippen molar-refractivity contribution < 1.29 is 9.53 Å². The van der Waals surface area contributed by atoms with Crippen LogP contribution in [0.15, 0.2) is 24.3 Å². The molecule has 0 unspecified atom stereocenters.